The Balaban J connectivity index is 2.11. The van der Waals surface area contributed by atoms with Gasteiger partial charge in [0.25, 0.3) is 0 Å². The lowest BCUT2D eigenvalue weighted by Crippen LogP contribution is -2.27. The highest BCUT2D eigenvalue weighted by molar-refractivity contribution is 9.09. The number of alkyl halides is 1. The van der Waals surface area contributed by atoms with Gasteiger partial charge in [-0.25, -0.2) is 0 Å². The number of para-hydroxylation sites is 1. The Labute approximate surface area is 125 Å². The zero-order chi connectivity index (χ0) is 13.9. The Kier molecular flexibility index (Phi) is 4.60. The summed E-state index contributed by atoms with van der Waals surface area (Å²) in [4.78, 5) is 0. The van der Waals surface area contributed by atoms with Crippen LogP contribution in [0.4, 0.5) is 0 Å². The van der Waals surface area contributed by atoms with E-state index in [2.05, 4.69) is 61.0 Å². The number of ether oxygens (including phenoxy) is 1. The highest BCUT2D eigenvalue weighted by Gasteiger charge is 2.34. The van der Waals surface area contributed by atoms with Gasteiger partial charge < -0.3 is 4.74 Å². The van der Waals surface area contributed by atoms with Crippen molar-refractivity contribution in [2.24, 2.45) is 5.41 Å². The van der Waals surface area contributed by atoms with Crippen LogP contribution in [0.1, 0.15) is 52.0 Å². The van der Waals surface area contributed by atoms with Crippen LogP contribution in [-0.2, 0) is 5.41 Å². The highest BCUT2D eigenvalue weighted by atomic mass is 79.9. The molecule has 0 amide bonds. The van der Waals surface area contributed by atoms with Crippen LogP contribution in [0.2, 0.25) is 0 Å². The fraction of sp³-hybridized carbons (Fsp3) is 0.647. The van der Waals surface area contributed by atoms with E-state index in [0.717, 1.165) is 17.7 Å². The first-order chi connectivity index (χ1) is 8.97. The third kappa shape index (κ3) is 3.53. The molecule has 0 unspecified atom stereocenters. The number of hydrogen-bond acceptors (Lipinski definition) is 1. The van der Waals surface area contributed by atoms with Crippen LogP contribution in [0.5, 0.6) is 5.75 Å². The van der Waals surface area contributed by atoms with Gasteiger partial charge in [-0.1, -0.05) is 67.7 Å². The van der Waals surface area contributed by atoms with Crippen LogP contribution in [-0.4, -0.2) is 11.9 Å². The topological polar surface area (TPSA) is 9.23 Å². The van der Waals surface area contributed by atoms with Gasteiger partial charge in [0, 0.05) is 10.7 Å². The third-order valence-corrected chi connectivity index (χ3v) is 5.37. The molecule has 0 spiro atoms. The van der Waals surface area contributed by atoms with Crippen LogP contribution in [0, 0.1) is 5.41 Å². The summed E-state index contributed by atoms with van der Waals surface area (Å²) in [5.41, 5.74) is 1.79. The Bertz CT molecular complexity index is 414. The summed E-state index contributed by atoms with van der Waals surface area (Å²) in [6, 6.07) is 8.46. The molecule has 106 valence electrons. The SMILES string of the molecule is CC(C)(C)c1ccccc1OCC1(CBr)CCCC1. The van der Waals surface area contributed by atoms with E-state index < -0.39 is 0 Å². The second kappa shape index (κ2) is 5.87. The maximum atomic E-state index is 6.21. The summed E-state index contributed by atoms with van der Waals surface area (Å²) >= 11 is 3.68. The average molecular weight is 325 g/mol. The minimum atomic E-state index is 0.133. The molecule has 0 N–H and O–H groups in total. The largest absolute Gasteiger partial charge is 0.493 e. The van der Waals surface area contributed by atoms with Crippen LogP contribution >= 0.6 is 15.9 Å². The summed E-state index contributed by atoms with van der Waals surface area (Å²) in [5.74, 6) is 1.06. The number of benzene rings is 1. The van der Waals surface area contributed by atoms with Gasteiger partial charge in [-0.3, -0.25) is 0 Å². The van der Waals surface area contributed by atoms with Crippen molar-refractivity contribution >= 4 is 15.9 Å². The average Bonchev–Trinajstić information content (AvgIpc) is 2.85. The Hall–Kier alpha value is -0.500. The number of halogens is 1. The van der Waals surface area contributed by atoms with Gasteiger partial charge in [-0.15, -0.1) is 0 Å². The van der Waals surface area contributed by atoms with Crippen LogP contribution in [0.25, 0.3) is 0 Å². The van der Waals surface area contributed by atoms with E-state index >= 15 is 0 Å². The zero-order valence-corrected chi connectivity index (χ0v) is 13.9. The smallest absolute Gasteiger partial charge is 0.123 e. The van der Waals surface area contributed by atoms with Crippen molar-refractivity contribution in [3.63, 3.8) is 0 Å². The molecule has 1 aromatic rings. The monoisotopic (exact) mass is 324 g/mol. The summed E-state index contributed by atoms with van der Waals surface area (Å²) in [7, 11) is 0. The van der Waals surface area contributed by atoms with Gasteiger partial charge in [-0.2, -0.15) is 0 Å². The van der Waals surface area contributed by atoms with Crippen molar-refractivity contribution in [1.29, 1.82) is 0 Å². The molecule has 0 radical (unpaired) electrons. The molecule has 0 heterocycles. The third-order valence-electron chi connectivity index (χ3n) is 4.18. The fourth-order valence-electron chi connectivity index (χ4n) is 2.88. The van der Waals surface area contributed by atoms with E-state index in [0.29, 0.717) is 5.41 Å². The minimum absolute atomic E-state index is 0.133. The molecular formula is C17H25BrO. The lowest BCUT2D eigenvalue weighted by Gasteiger charge is -2.29. The van der Waals surface area contributed by atoms with Gasteiger partial charge in [0.15, 0.2) is 0 Å². The van der Waals surface area contributed by atoms with Crippen LogP contribution in [0.15, 0.2) is 24.3 Å². The molecule has 0 atom stereocenters. The number of hydrogen-bond donors (Lipinski definition) is 0. The Morgan fingerprint density at radius 3 is 2.37 bits per heavy atom. The molecule has 0 bridgehead atoms. The molecule has 0 saturated heterocycles. The molecule has 1 aliphatic rings. The maximum absolute atomic E-state index is 6.21. The van der Waals surface area contributed by atoms with E-state index in [4.69, 9.17) is 4.74 Å². The minimum Gasteiger partial charge on any atom is -0.493 e. The molecule has 1 aliphatic carbocycles. The van der Waals surface area contributed by atoms with Crippen LogP contribution < -0.4 is 4.74 Å². The van der Waals surface area contributed by atoms with Crippen molar-refractivity contribution in [2.45, 2.75) is 51.9 Å². The summed E-state index contributed by atoms with van der Waals surface area (Å²) in [6.07, 6.45) is 5.26. The lowest BCUT2D eigenvalue weighted by atomic mass is 9.86. The molecule has 19 heavy (non-hydrogen) atoms. The summed E-state index contributed by atoms with van der Waals surface area (Å²) in [5, 5.41) is 1.05. The first-order valence-electron chi connectivity index (χ1n) is 7.25. The summed E-state index contributed by atoms with van der Waals surface area (Å²) < 4.78 is 6.21. The molecule has 2 rings (SSSR count). The first-order valence-corrected chi connectivity index (χ1v) is 8.37. The van der Waals surface area contributed by atoms with Gasteiger partial charge in [0.2, 0.25) is 0 Å². The standard InChI is InChI=1S/C17H25BrO/c1-16(2,3)14-8-4-5-9-15(14)19-13-17(12-18)10-6-7-11-17/h4-5,8-9H,6-7,10-13H2,1-3H3. The predicted molar refractivity (Wildman–Crippen MR) is 85.3 cm³/mol. The molecule has 1 nitrogen and oxygen atoms in total. The Morgan fingerprint density at radius 1 is 1.16 bits per heavy atom. The van der Waals surface area contributed by atoms with Gasteiger partial charge >= 0.3 is 0 Å². The van der Waals surface area contributed by atoms with Crippen LogP contribution in [0.3, 0.4) is 0 Å². The van der Waals surface area contributed by atoms with E-state index in [1.54, 1.807) is 0 Å². The van der Waals surface area contributed by atoms with Gasteiger partial charge in [0.05, 0.1) is 6.61 Å². The van der Waals surface area contributed by atoms with Crippen molar-refractivity contribution < 1.29 is 4.74 Å². The van der Waals surface area contributed by atoms with Crippen molar-refractivity contribution in [3.05, 3.63) is 29.8 Å². The fourth-order valence-corrected chi connectivity index (χ4v) is 3.61. The zero-order valence-electron chi connectivity index (χ0n) is 12.3. The van der Waals surface area contributed by atoms with E-state index in [-0.39, 0.29) is 5.41 Å². The quantitative estimate of drug-likeness (QED) is 0.681. The maximum Gasteiger partial charge on any atom is 0.123 e. The summed E-state index contributed by atoms with van der Waals surface area (Å²) in [6.45, 7) is 7.56. The molecule has 1 saturated carbocycles. The molecule has 0 aliphatic heterocycles. The lowest BCUT2D eigenvalue weighted by molar-refractivity contribution is 0.171. The molecular weight excluding hydrogens is 300 g/mol. The molecule has 0 aromatic heterocycles. The molecule has 1 aromatic carbocycles. The molecule has 2 heteroatoms. The Morgan fingerprint density at radius 2 is 1.79 bits per heavy atom. The van der Waals surface area contributed by atoms with E-state index in [9.17, 15) is 0 Å². The van der Waals surface area contributed by atoms with E-state index in [1.165, 1.54) is 31.2 Å². The second-order valence-corrected chi connectivity index (χ2v) is 7.44. The number of rotatable bonds is 4. The van der Waals surface area contributed by atoms with Gasteiger partial charge in [-0.05, 0) is 29.9 Å². The second-order valence-electron chi connectivity index (χ2n) is 6.88. The molecule has 1 fully saturated rings. The van der Waals surface area contributed by atoms with Crippen molar-refractivity contribution in [1.82, 2.24) is 0 Å². The van der Waals surface area contributed by atoms with Crippen molar-refractivity contribution in [3.8, 4) is 5.75 Å². The highest BCUT2D eigenvalue weighted by Crippen LogP contribution is 2.41. The van der Waals surface area contributed by atoms with E-state index in [1.807, 2.05) is 0 Å². The predicted octanol–water partition coefficient (Wildman–Crippen LogP) is 5.32. The van der Waals surface area contributed by atoms with Gasteiger partial charge in [0.1, 0.15) is 5.75 Å². The van der Waals surface area contributed by atoms with Crippen molar-refractivity contribution in [2.75, 3.05) is 11.9 Å². The normalized spacial score (nSPS) is 18.5. The first kappa shape index (κ1) is 14.9.